The third-order valence-electron chi connectivity index (χ3n) is 2.26. The smallest absolute Gasteiger partial charge is 0.150 e. The standard InChI is InChI=1S/C8H15BrO3S/c1-12-5-8(9)4-7-2-3-13(10,11)6-7/h7-8H,2-6H2,1H3. The highest BCUT2D eigenvalue weighted by molar-refractivity contribution is 9.09. The van der Waals surface area contributed by atoms with Crippen molar-refractivity contribution in [2.45, 2.75) is 17.7 Å². The third-order valence-corrected chi connectivity index (χ3v) is 4.74. The van der Waals surface area contributed by atoms with Gasteiger partial charge in [-0.25, -0.2) is 8.42 Å². The number of alkyl halides is 1. The van der Waals surface area contributed by atoms with Crippen LogP contribution in [0.1, 0.15) is 12.8 Å². The summed E-state index contributed by atoms with van der Waals surface area (Å²) in [4.78, 5) is 0.288. The lowest BCUT2D eigenvalue weighted by Gasteiger charge is -2.12. The molecule has 1 aliphatic heterocycles. The molecule has 0 aliphatic carbocycles. The highest BCUT2D eigenvalue weighted by Crippen LogP contribution is 2.25. The van der Waals surface area contributed by atoms with Crippen LogP contribution in [0.5, 0.6) is 0 Å². The van der Waals surface area contributed by atoms with E-state index in [0.717, 1.165) is 12.8 Å². The van der Waals surface area contributed by atoms with Crippen LogP contribution in [0.3, 0.4) is 0 Å². The molecule has 2 atom stereocenters. The van der Waals surface area contributed by atoms with Gasteiger partial charge in [0, 0.05) is 11.9 Å². The summed E-state index contributed by atoms with van der Waals surface area (Å²) in [7, 11) is -1.07. The Morgan fingerprint density at radius 2 is 2.31 bits per heavy atom. The predicted octanol–water partition coefficient (Wildman–Crippen LogP) is 1.22. The molecule has 3 nitrogen and oxygen atoms in total. The molecule has 0 bridgehead atoms. The van der Waals surface area contributed by atoms with Crippen LogP contribution in [0.15, 0.2) is 0 Å². The second kappa shape index (κ2) is 4.75. The number of hydrogen-bond donors (Lipinski definition) is 0. The van der Waals surface area contributed by atoms with Gasteiger partial charge >= 0.3 is 0 Å². The monoisotopic (exact) mass is 270 g/mol. The molecule has 1 saturated heterocycles. The van der Waals surface area contributed by atoms with Gasteiger partial charge in [0.15, 0.2) is 9.84 Å². The Morgan fingerprint density at radius 3 is 2.77 bits per heavy atom. The average Bonchev–Trinajstić information content (AvgIpc) is 2.30. The molecule has 1 rings (SSSR count). The summed E-state index contributed by atoms with van der Waals surface area (Å²) in [6, 6.07) is 0. The highest BCUT2D eigenvalue weighted by Gasteiger charge is 2.28. The number of methoxy groups -OCH3 is 1. The van der Waals surface area contributed by atoms with E-state index in [2.05, 4.69) is 15.9 Å². The Kier molecular flexibility index (Phi) is 4.19. The van der Waals surface area contributed by atoms with Crippen molar-refractivity contribution in [2.24, 2.45) is 5.92 Å². The molecular weight excluding hydrogens is 256 g/mol. The number of halogens is 1. The maximum atomic E-state index is 11.1. The molecule has 0 aromatic rings. The lowest BCUT2D eigenvalue weighted by Crippen LogP contribution is -2.14. The maximum absolute atomic E-state index is 11.1. The fourth-order valence-corrected chi connectivity index (χ4v) is 4.34. The molecule has 1 aliphatic rings. The van der Waals surface area contributed by atoms with Gasteiger partial charge in [0.25, 0.3) is 0 Å². The molecule has 0 aromatic heterocycles. The molecule has 2 unspecified atom stereocenters. The van der Waals surface area contributed by atoms with E-state index in [0.29, 0.717) is 24.0 Å². The van der Waals surface area contributed by atoms with E-state index in [-0.39, 0.29) is 4.83 Å². The van der Waals surface area contributed by atoms with Crippen LogP contribution in [0, 0.1) is 5.92 Å². The highest BCUT2D eigenvalue weighted by atomic mass is 79.9. The van der Waals surface area contributed by atoms with Gasteiger partial charge in [-0.1, -0.05) is 15.9 Å². The molecule has 0 N–H and O–H groups in total. The Labute approximate surface area is 87.9 Å². The summed E-state index contributed by atoms with van der Waals surface area (Å²) in [5, 5.41) is 0. The number of rotatable bonds is 4. The van der Waals surface area contributed by atoms with Crippen molar-refractivity contribution in [3.05, 3.63) is 0 Å². The van der Waals surface area contributed by atoms with Crippen LogP contribution in [-0.2, 0) is 14.6 Å². The van der Waals surface area contributed by atoms with Gasteiger partial charge in [-0.15, -0.1) is 0 Å². The summed E-state index contributed by atoms with van der Waals surface area (Å²) >= 11 is 3.47. The second-order valence-corrected chi connectivity index (χ2v) is 7.08. The molecule has 5 heteroatoms. The van der Waals surface area contributed by atoms with Gasteiger partial charge in [-0.2, -0.15) is 0 Å². The van der Waals surface area contributed by atoms with Crippen LogP contribution in [0.25, 0.3) is 0 Å². The molecule has 0 saturated carbocycles. The van der Waals surface area contributed by atoms with Gasteiger partial charge in [-0.3, -0.25) is 0 Å². The number of sulfone groups is 1. The SMILES string of the molecule is COCC(Br)CC1CCS(=O)(=O)C1. The van der Waals surface area contributed by atoms with E-state index in [1.165, 1.54) is 0 Å². The minimum atomic E-state index is -2.72. The average molecular weight is 271 g/mol. The van der Waals surface area contributed by atoms with Crippen LogP contribution in [-0.4, -0.2) is 38.5 Å². The maximum Gasteiger partial charge on any atom is 0.150 e. The fraction of sp³-hybridized carbons (Fsp3) is 1.00. The topological polar surface area (TPSA) is 43.4 Å². The van der Waals surface area contributed by atoms with E-state index in [4.69, 9.17) is 4.74 Å². The molecule has 78 valence electrons. The molecular formula is C8H15BrO3S. The zero-order chi connectivity index (χ0) is 9.90. The van der Waals surface area contributed by atoms with Crippen molar-refractivity contribution in [3.8, 4) is 0 Å². The van der Waals surface area contributed by atoms with Crippen LogP contribution < -0.4 is 0 Å². The van der Waals surface area contributed by atoms with E-state index < -0.39 is 9.84 Å². The predicted molar refractivity (Wildman–Crippen MR) is 56.0 cm³/mol. The first-order valence-corrected chi connectivity index (χ1v) is 7.10. The molecule has 0 amide bonds. The molecule has 0 spiro atoms. The largest absolute Gasteiger partial charge is 0.384 e. The summed E-state index contributed by atoms with van der Waals surface area (Å²) in [5.41, 5.74) is 0. The van der Waals surface area contributed by atoms with Crippen molar-refractivity contribution in [2.75, 3.05) is 25.2 Å². The lowest BCUT2D eigenvalue weighted by molar-refractivity contribution is 0.194. The van der Waals surface area contributed by atoms with Crippen molar-refractivity contribution in [1.82, 2.24) is 0 Å². The van der Waals surface area contributed by atoms with Crippen LogP contribution in [0.4, 0.5) is 0 Å². The lowest BCUT2D eigenvalue weighted by atomic mass is 10.0. The molecule has 1 fully saturated rings. The minimum absolute atomic E-state index is 0.288. The quantitative estimate of drug-likeness (QED) is 0.722. The first kappa shape index (κ1) is 11.5. The van der Waals surface area contributed by atoms with Crippen LogP contribution >= 0.6 is 15.9 Å². The minimum Gasteiger partial charge on any atom is -0.384 e. The Balaban J connectivity index is 2.32. The van der Waals surface area contributed by atoms with Crippen LogP contribution in [0.2, 0.25) is 0 Å². The Bertz CT molecular complexity index is 250. The molecule has 0 aromatic carbocycles. The molecule has 13 heavy (non-hydrogen) atoms. The van der Waals surface area contributed by atoms with E-state index in [1.54, 1.807) is 7.11 Å². The third kappa shape index (κ3) is 3.95. The number of hydrogen-bond acceptors (Lipinski definition) is 3. The second-order valence-electron chi connectivity index (χ2n) is 3.56. The van der Waals surface area contributed by atoms with Gasteiger partial charge in [-0.05, 0) is 18.8 Å². The summed E-state index contributed by atoms with van der Waals surface area (Å²) in [5.74, 6) is 1.05. The normalized spacial score (nSPS) is 28.9. The first-order valence-electron chi connectivity index (χ1n) is 4.37. The zero-order valence-electron chi connectivity index (χ0n) is 7.70. The van der Waals surface area contributed by atoms with Gasteiger partial charge in [0.2, 0.25) is 0 Å². The fourth-order valence-electron chi connectivity index (χ4n) is 1.67. The van der Waals surface area contributed by atoms with Gasteiger partial charge in [0.1, 0.15) is 0 Å². The molecule has 0 radical (unpaired) electrons. The summed E-state index contributed by atoms with van der Waals surface area (Å²) in [6.07, 6.45) is 1.71. The van der Waals surface area contributed by atoms with Gasteiger partial charge < -0.3 is 4.74 Å². The van der Waals surface area contributed by atoms with E-state index in [1.807, 2.05) is 0 Å². The van der Waals surface area contributed by atoms with E-state index >= 15 is 0 Å². The van der Waals surface area contributed by atoms with Crippen molar-refractivity contribution in [3.63, 3.8) is 0 Å². The molecule has 1 heterocycles. The van der Waals surface area contributed by atoms with Crippen molar-refractivity contribution < 1.29 is 13.2 Å². The van der Waals surface area contributed by atoms with Crippen molar-refractivity contribution >= 4 is 25.8 Å². The van der Waals surface area contributed by atoms with Gasteiger partial charge in [0.05, 0.1) is 18.1 Å². The Hall–Kier alpha value is 0.390. The zero-order valence-corrected chi connectivity index (χ0v) is 10.1. The van der Waals surface area contributed by atoms with E-state index in [9.17, 15) is 8.42 Å². The first-order chi connectivity index (χ1) is 6.03. The number of ether oxygens (including phenoxy) is 1. The Morgan fingerprint density at radius 1 is 1.62 bits per heavy atom. The van der Waals surface area contributed by atoms with Crippen molar-refractivity contribution in [1.29, 1.82) is 0 Å². The summed E-state index contributed by atoms with van der Waals surface area (Å²) < 4.78 is 27.2. The summed E-state index contributed by atoms with van der Waals surface area (Å²) in [6.45, 7) is 0.649.